The van der Waals surface area contributed by atoms with E-state index in [9.17, 15) is 4.79 Å². The smallest absolute Gasteiger partial charge is 0.272 e. The number of fused-ring (bicyclic) bond motifs is 1. The van der Waals surface area contributed by atoms with E-state index in [2.05, 4.69) is 36.2 Å². The number of nitrogens with one attached hydrogen (secondary N) is 2. The van der Waals surface area contributed by atoms with Crippen LogP contribution in [0.5, 0.6) is 5.75 Å². The minimum absolute atomic E-state index is 0.0756. The Morgan fingerprint density at radius 1 is 1.29 bits per heavy atom. The average Bonchev–Trinajstić information content (AvgIpc) is 3.10. The molecule has 1 aromatic carbocycles. The van der Waals surface area contributed by atoms with Crippen molar-refractivity contribution >= 4 is 5.65 Å². The van der Waals surface area contributed by atoms with Crippen LogP contribution in [0.15, 0.2) is 41.3 Å². The minimum Gasteiger partial charge on any atom is -0.494 e. The van der Waals surface area contributed by atoms with Gasteiger partial charge in [-0.3, -0.25) is 9.89 Å². The summed E-state index contributed by atoms with van der Waals surface area (Å²) < 4.78 is 7.02. The highest BCUT2D eigenvalue weighted by Gasteiger charge is 2.10. The van der Waals surface area contributed by atoms with Crippen molar-refractivity contribution in [3.63, 3.8) is 0 Å². The van der Waals surface area contributed by atoms with Crippen molar-refractivity contribution in [2.75, 3.05) is 6.61 Å². The highest BCUT2D eigenvalue weighted by atomic mass is 16.5. The molecule has 7 nitrogen and oxygen atoms in total. The van der Waals surface area contributed by atoms with Crippen LogP contribution in [-0.2, 0) is 6.54 Å². The van der Waals surface area contributed by atoms with Gasteiger partial charge in [-0.05, 0) is 37.0 Å². The summed E-state index contributed by atoms with van der Waals surface area (Å²) in [5.74, 6) is 1.49. The van der Waals surface area contributed by atoms with Crippen LogP contribution in [0.25, 0.3) is 5.65 Å². The first-order chi connectivity index (χ1) is 13.5. The maximum absolute atomic E-state index is 12.1. The summed E-state index contributed by atoms with van der Waals surface area (Å²) >= 11 is 0. The summed E-state index contributed by atoms with van der Waals surface area (Å²) in [4.78, 5) is 16.6. The number of hydrogen-bond donors (Lipinski definition) is 2. The SMILES string of the molecule is CC(C)CCOc1ccc(C(C)NCc2cc(=O)n3[nH]cc(C#N)c3n2)cc1. The van der Waals surface area contributed by atoms with Gasteiger partial charge in [0, 0.05) is 24.8 Å². The topological polar surface area (TPSA) is 95.2 Å². The first kappa shape index (κ1) is 19.6. The third-order valence-electron chi connectivity index (χ3n) is 4.60. The number of benzene rings is 1. The van der Waals surface area contributed by atoms with Crippen molar-refractivity contribution in [2.45, 2.75) is 39.8 Å². The molecule has 3 rings (SSSR count). The Balaban J connectivity index is 1.62. The second-order valence-electron chi connectivity index (χ2n) is 7.25. The predicted molar refractivity (Wildman–Crippen MR) is 107 cm³/mol. The number of nitrogens with zero attached hydrogens (tertiary/aromatic N) is 3. The van der Waals surface area contributed by atoms with Crippen molar-refractivity contribution in [1.82, 2.24) is 19.9 Å². The van der Waals surface area contributed by atoms with Gasteiger partial charge in [0.1, 0.15) is 17.4 Å². The van der Waals surface area contributed by atoms with Gasteiger partial charge in [0.2, 0.25) is 0 Å². The number of aromatic amines is 1. The van der Waals surface area contributed by atoms with Gasteiger partial charge in [-0.15, -0.1) is 0 Å². The van der Waals surface area contributed by atoms with Gasteiger partial charge in [-0.2, -0.15) is 5.26 Å². The maximum Gasteiger partial charge on any atom is 0.272 e. The number of rotatable bonds is 8. The fourth-order valence-electron chi connectivity index (χ4n) is 2.84. The van der Waals surface area contributed by atoms with E-state index in [0.717, 1.165) is 24.3 Å². The molecular formula is C21H25N5O2. The summed E-state index contributed by atoms with van der Waals surface area (Å²) in [7, 11) is 0. The monoisotopic (exact) mass is 379 g/mol. The fourth-order valence-corrected chi connectivity index (χ4v) is 2.84. The summed E-state index contributed by atoms with van der Waals surface area (Å²) in [6.07, 6.45) is 2.51. The van der Waals surface area contributed by atoms with Gasteiger partial charge >= 0.3 is 0 Å². The van der Waals surface area contributed by atoms with Gasteiger partial charge < -0.3 is 10.1 Å². The average molecular weight is 379 g/mol. The molecule has 0 saturated carbocycles. The summed E-state index contributed by atoms with van der Waals surface area (Å²) in [6, 6.07) is 11.6. The lowest BCUT2D eigenvalue weighted by Gasteiger charge is -2.15. The summed E-state index contributed by atoms with van der Waals surface area (Å²) in [5.41, 5.74) is 2.18. The Morgan fingerprint density at radius 3 is 2.71 bits per heavy atom. The number of H-pyrrole nitrogens is 1. The van der Waals surface area contributed by atoms with Gasteiger partial charge in [0.15, 0.2) is 5.65 Å². The molecule has 1 atom stereocenters. The second kappa shape index (κ2) is 8.72. The molecule has 0 aliphatic carbocycles. The van der Waals surface area contributed by atoms with E-state index in [1.165, 1.54) is 16.8 Å². The standard InChI is InChI=1S/C21H25N5O2/c1-14(2)8-9-28-19-6-4-16(5-7-19)15(3)23-13-18-10-20(27)26-21(25-18)17(11-22)12-24-26/h4-7,10,12,14-15,23-24H,8-9,13H2,1-3H3. The zero-order valence-corrected chi connectivity index (χ0v) is 16.4. The molecule has 0 spiro atoms. The molecular weight excluding hydrogens is 354 g/mol. The van der Waals surface area contributed by atoms with Crippen LogP contribution in [0.3, 0.4) is 0 Å². The zero-order valence-electron chi connectivity index (χ0n) is 16.4. The van der Waals surface area contributed by atoms with Crippen LogP contribution < -0.4 is 15.6 Å². The van der Waals surface area contributed by atoms with E-state index in [1.807, 2.05) is 30.3 Å². The van der Waals surface area contributed by atoms with Crippen molar-refractivity contribution in [3.8, 4) is 11.8 Å². The summed E-state index contributed by atoms with van der Waals surface area (Å²) in [5, 5.41) is 15.2. The van der Waals surface area contributed by atoms with Gasteiger partial charge in [-0.25, -0.2) is 9.50 Å². The largest absolute Gasteiger partial charge is 0.494 e. The number of aromatic nitrogens is 3. The molecule has 1 unspecified atom stereocenters. The van der Waals surface area contributed by atoms with Gasteiger partial charge in [0.25, 0.3) is 5.56 Å². The van der Waals surface area contributed by atoms with E-state index in [1.54, 1.807) is 0 Å². The Labute approximate surface area is 164 Å². The lowest BCUT2D eigenvalue weighted by atomic mass is 10.1. The Hall–Kier alpha value is -3.11. The van der Waals surface area contributed by atoms with Crippen LogP contribution in [0, 0.1) is 17.2 Å². The molecule has 0 bridgehead atoms. The molecule has 0 aliphatic rings. The molecule has 28 heavy (non-hydrogen) atoms. The van der Waals surface area contributed by atoms with Crippen LogP contribution in [0.4, 0.5) is 0 Å². The molecule has 0 saturated heterocycles. The number of nitriles is 1. The molecule has 7 heteroatoms. The number of ether oxygens (including phenoxy) is 1. The zero-order chi connectivity index (χ0) is 20.1. The summed E-state index contributed by atoms with van der Waals surface area (Å²) in [6.45, 7) is 7.56. The van der Waals surface area contributed by atoms with E-state index in [4.69, 9.17) is 10.00 Å². The highest BCUT2D eigenvalue weighted by Crippen LogP contribution is 2.18. The molecule has 0 amide bonds. The lowest BCUT2D eigenvalue weighted by molar-refractivity contribution is 0.289. The normalized spacial score (nSPS) is 12.2. The van der Waals surface area contributed by atoms with E-state index >= 15 is 0 Å². The second-order valence-corrected chi connectivity index (χ2v) is 7.25. The Kier molecular flexibility index (Phi) is 6.12. The third kappa shape index (κ3) is 4.59. The van der Waals surface area contributed by atoms with Gasteiger partial charge in [-0.1, -0.05) is 26.0 Å². The minimum atomic E-state index is -0.237. The third-order valence-corrected chi connectivity index (χ3v) is 4.60. The predicted octanol–water partition coefficient (Wildman–Crippen LogP) is 3.17. The molecule has 146 valence electrons. The Bertz CT molecular complexity index is 1030. The first-order valence-electron chi connectivity index (χ1n) is 9.44. The van der Waals surface area contributed by atoms with Crippen molar-refractivity contribution in [2.24, 2.45) is 5.92 Å². The van der Waals surface area contributed by atoms with E-state index in [-0.39, 0.29) is 11.6 Å². The molecule has 2 N–H and O–H groups in total. The molecule has 0 fully saturated rings. The van der Waals surface area contributed by atoms with Crippen molar-refractivity contribution < 1.29 is 4.74 Å². The fraction of sp³-hybridized carbons (Fsp3) is 0.381. The van der Waals surface area contributed by atoms with Crippen LogP contribution in [0.1, 0.15) is 50.1 Å². The number of hydrogen-bond acceptors (Lipinski definition) is 5. The molecule has 2 aromatic heterocycles. The van der Waals surface area contributed by atoms with Crippen LogP contribution >= 0.6 is 0 Å². The molecule has 3 aromatic rings. The van der Waals surface area contributed by atoms with E-state index in [0.29, 0.717) is 29.4 Å². The van der Waals surface area contributed by atoms with Crippen molar-refractivity contribution in [3.05, 3.63) is 63.7 Å². The van der Waals surface area contributed by atoms with Crippen LogP contribution in [-0.4, -0.2) is 21.2 Å². The maximum atomic E-state index is 12.1. The quantitative estimate of drug-likeness (QED) is 0.627. The first-order valence-corrected chi connectivity index (χ1v) is 9.44. The molecule has 0 radical (unpaired) electrons. The van der Waals surface area contributed by atoms with E-state index < -0.39 is 0 Å². The molecule has 2 heterocycles. The Morgan fingerprint density at radius 2 is 2.04 bits per heavy atom. The lowest BCUT2D eigenvalue weighted by Crippen LogP contribution is -2.22. The van der Waals surface area contributed by atoms with Gasteiger partial charge in [0.05, 0.1) is 12.3 Å². The van der Waals surface area contributed by atoms with Crippen LogP contribution in [0.2, 0.25) is 0 Å². The van der Waals surface area contributed by atoms with Crippen molar-refractivity contribution in [1.29, 1.82) is 5.26 Å². The highest BCUT2D eigenvalue weighted by molar-refractivity contribution is 5.53. The molecule has 0 aliphatic heterocycles.